The standard InChI is InChI=1S/C14H15N5S/c15-14-9(2-1-4-17-14)6-12(19-16)10-7-13-11(18-8-10)3-5-20-13/h1-5,7-8,12,19H,6,16H2,(H2,15,17). The molecule has 3 heterocycles. The van der Waals surface area contributed by atoms with Crippen molar-refractivity contribution in [2.75, 3.05) is 5.73 Å². The number of hydrazine groups is 1. The minimum atomic E-state index is -0.0412. The van der Waals surface area contributed by atoms with Crippen LogP contribution in [0.2, 0.25) is 0 Å². The van der Waals surface area contributed by atoms with Gasteiger partial charge in [-0.05, 0) is 41.1 Å². The SMILES string of the molecule is NNC(Cc1cccnc1N)c1cnc2ccsc2c1. The highest BCUT2D eigenvalue weighted by molar-refractivity contribution is 7.17. The van der Waals surface area contributed by atoms with E-state index in [1.165, 1.54) is 0 Å². The first-order valence-electron chi connectivity index (χ1n) is 6.26. The van der Waals surface area contributed by atoms with Crippen molar-refractivity contribution in [3.63, 3.8) is 0 Å². The summed E-state index contributed by atoms with van der Waals surface area (Å²) in [5.74, 6) is 6.23. The summed E-state index contributed by atoms with van der Waals surface area (Å²) in [7, 11) is 0. The second-order valence-corrected chi connectivity index (χ2v) is 5.49. The maximum absolute atomic E-state index is 5.88. The highest BCUT2D eigenvalue weighted by Crippen LogP contribution is 2.25. The summed E-state index contributed by atoms with van der Waals surface area (Å²) in [4.78, 5) is 8.54. The van der Waals surface area contributed by atoms with E-state index in [1.807, 2.05) is 29.8 Å². The van der Waals surface area contributed by atoms with Crippen molar-refractivity contribution >= 4 is 27.4 Å². The molecule has 0 saturated heterocycles. The van der Waals surface area contributed by atoms with Crippen LogP contribution in [-0.4, -0.2) is 9.97 Å². The summed E-state index contributed by atoms with van der Waals surface area (Å²) in [5.41, 5.74) is 11.7. The molecule has 0 aliphatic rings. The van der Waals surface area contributed by atoms with E-state index in [0.717, 1.165) is 21.3 Å². The molecule has 3 aromatic heterocycles. The number of anilines is 1. The third-order valence-corrected chi connectivity index (χ3v) is 4.13. The Morgan fingerprint density at radius 1 is 1.30 bits per heavy atom. The number of rotatable bonds is 4. The summed E-state index contributed by atoms with van der Waals surface area (Å²) in [6, 6.07) is 7.92. The van der Waals surface area contributed by atoms with E-state index in [9.17, 15) is 0 Å². The van der Waals surface area contributed by atoms with Crippen LogP contribution in [0.4, 0.5) is 5.82 Å². The van der Waals surface area contributed by atoms with E-state index >= 15 is 0 Å². The molecule has 3 aromatic rings. The molecule has 6 heteroatoms. The van der Waals surface area contributed by atoms with Gasteiger partial charge < -0.3 is 5.73 Å². The Morgan fingerprint density at radius 3 is 3.00 bits per heavy atom. The van der Waals surface area contributed by atoms with Crippen LogP contribution < -0.4 is 17.0 Å². The molecule has 0 aliphatic carbocycles. The Bertz CT molecular complexity index is 724. The van der Waals surface area contributed by atoms with Crippen molar-refractivity contribution in [3.05, 3.63) is 53.2 Å². The Labute approximate surface area is 120 Å². The molecule has 0 bridgehead atoms. The average Bonchev–Trinajstić information content (AvgIpc) is 2.94. The zero-order chi connectivity index (χ0) is 13.9. The van der Waals surface area contributed by atoms with Gasteiger partial charge in [-0.2, -0.15) is 0 Å². The van der Waals surface area contributed by atoms with Gasteiger partial charge in [0.25, 0.3) is 0 Å². The lowest BCUT2D eigenvalue weighted by Gasteiger charge is -2.16. The Hall–Kier alpha value is -2.02. The fourth-order valence-electron chi connectivity index (χ4n) is 2.17. The van der Waals surface area contributed by atoms with E-state index in [2.05, 4.69) is 21.5 Å². The zero-order valence-corrected chi connectivity index (χ0v) is 11.6. The number of hydrogen-bond acceptors (Lipinski definition) is 6. The molecule has 1 unspecified atom stereocenters. The molecule has 0 spiro atoms. The lowest BCUT2D eigenvalue weighted by atomic mass is 10.0. The summed E-state index contributed by atoms with van der Waals surface area (Å²) >= 11 is 1.67. The number of hydrogen-bond donors (Lipinski definition) is 3. The molecule has 0 radical (unpaired) electrons. The molecular weight excluding hydrogens is 270 g/mol. The summed E-state index contributed by atoms with van der Waals surface area (Å²) in [6.45, 7) is 0. The minimum absolute atomic E-state index is 0.0412. The number of pyridine rings is 2. The third kappa shape index (κ3) is 2.49. The monoisotopic (exact) mass is 285 g/mol. The molecular formula is C14H15N5S. The van der Waals surface area contributed by atoms with Gasteiger partial charge in [0.15, 0.2) is 0 Å². The zero-order valence-electron chi connectivity index (χ0n) is 10.8. The fraction of sp³-hybridized carbons (Fsp3) is 0.143. The first-order chi connectivity index (χ1) is 9.78. The van der Waals surface area contributed by atoms with Crippen LogP contribution in [-0.2, 0) is 6.42 Å². The molecule has 0 amide bonds. The first-order valence-corrected chi connectivity index (χ1v) is 7.14. The second kappa shape index (κ2) is 5.54. The van der Waals surface area contributed by atoms with Gasteiger partial charge in [0.05, 0.1) is 16.3 Å². The van der Waals surface area contributed by atoms with Crippen molar-refractivity contribution in [3.8, 4) is 0 Å². The van der Waals surface area contributed by atoms with Gasteiger partial charge in [0.2, 0.25) is 0 Å². The first kappa shape index (κ1) is 13.0. The highest BCUT2D eigenvalue weighted by Gasteiger charge is 2.14. The fourth-order valence-corrected chi connectivity index (χ4v) is 2.96. The van der Waals surface area contributed by atoms with Gasteiger partial charge in [-0.3, -0.25) is 16.3 Å². The van der Waals surface area contributed by atoms with Gasteiger partial charge in [-0.1, -0.05) is 6.07 Å². The van der Waals surface area contributed by atoms with Crippen LogP contribution in [0.25, 0.3) is 10.2 Å². The smallest absolute Gasteiger partial charge is 0.126 e. The predicted octanol–water partition coefficient (Wildman–Crippen LogP) is 2.02. The number of nitrogens with two attached hydrogens (primary N) is 2. The molecule has 3 rings (SSSR count). The van der Waals surface area contributed by atoms with Crippen LogP contribution in [0.5, 0.6) is 0 Å². The Balaban J connectivity index is 1.91. The maximum atomic E-state index is 5.88. The topological polar surface area (TPSA) is 89.8 Å². The lowest BCUT2D eigenvalue weighted by molar-refractivity contribution is 0.551. The summed E-state index contributed by atoms with van der Waals surface area (Å²) < 4.78 is 1.15. The Kier molecular flexibility index (Phi) is 3.60. The van der Waals surface area contributed by atoms with Crippen LogP contribution in [0, 0.1) is 0 Å². The number of thiophene rings is 1. The third-order valence-electron chi connectivity index (χ3n) is 3.28. The van der Waals surface area contributed by atoms with E-state index in [-0.39, 0.29) is 6.04 Å². The van der Waals surface area contributed by atoms with Crippen LogP contribution in [0.1, 0.15) is 17.2 Å². The largest absolute Gasteiger partial charge is 0.383 e. The van der Waals surface area contributed by atoms with Gasteiger partial charge in [0, 0.05) is 12.4 Å². The highest BCUT2D eigenvalue weighted by atomic mass is 32.1. The maximum Gasteiger partial charge on any atom is 0.126 e. The van der Waals surface area contributed by atoms with Crippen molar-refractivity contribution in [1.29, 1.82) is 0 Å². The van der Waals surface area contributed by atoms with Crippen LogP contribution >= 0.6 is 11.3 Å². The van der Waals surface area contributed by atoms with Crippen molar-refractivity contribution in [1.82, 2.24) is 15.4 Å². The molecule has 20 heavy (non-hydrogen) atoms. The van der Waals surface area contributed by atoms with Crippen LogP contribution in [0.3, 0.4) is 0 Å². The van der Waals surface area contributed by atoms with E-state index < -0.39 is 0 Å². The van der Waals surface area contributed by atoms with E-state index in [4.69, 9.17) is 11.6 Å². The van der Waals surface area contributed by atoms with Gasteiger partial charge in [0.1, 0.15) is 5.82 Å². The lowest BCUT2D eigenvalue weighted by Crippen LogP contribution is -2.30. The summed E-state index contributed by atoms with van der Waals surface area (Å²) in [5, 5.41) is 2.03. The number of nitrogens with one attached hydrogen (secondary N) is 1. The Morgan fingerprint density at radius 2 is 2.20 bits per heavy atom. The number of fused-ring (bicyclic) bond motifs is 1. The van der Waals surface area contributed by atoms with E-state index in [0.29, 0.717) is 12.2 Å². The predicted molar refractivity (Wildman–Crippen MR) is 82.0 cm³/mol. The number of nitrogens with zero attached hydrogens (tertiary/aromatic N) is 2. The molecule has 5 N–H and O–H groups in total. The average molecular weight is 285 g/mol. The normalized spacial score (nSPS) is 12.7. The quantitative estimate of drug-likeness (QED) is 0.504. The molecule has 0 aromatic carbocycles. The number of aromatic nitrogens is 2. The van der Waals surface area contributed by atoms with Crippen molar-refractivity contribution < 1.29 is 0 Å². The minimum Gasteiger partial charge on any atom is -0.383 e. The van der Waals surface area contributed by atoms with Gasteiger partial charge in [-0.15, -0.1) is 11.3 Å². The molecule has 0 fully saturated rings. The van der Waals surface area contributed by atoms with Gasteiger partial charge in [-0.25, -0.2) is 4.98 Å². The van der Waals surface area contributed by atoms with Crippen LogP contribution in [0.15, 0.2) is 42.0 Å². The molecule has 0 saturated carbocycles. The summed E-state index contributed by atoms with van der Waals surface area (Å²) in [6.07, 6.45) is 4.21. The molecule has 0 aliphatic heterocycles. The van der Waals surface area contributed by atoms with Crippen molar-refractivity contribution in [2.24, 2.45) is 5.84 Å². The molecule has 1 atom stereocenters. The van der Waals surface area contributed by atoms with Crippen molar-refractivity contribution in [2.45, 2.75) is 12.5 Å². The van der Waals surface area contributed by atoms with Gasteiger partial charge >= 0.3 is 0 Å². The molecule has 102 valence electrons. The number of nitrogen functional groups attached to an aromatic ring is 1. The van der Waals surface area contributed by atoms with E-state index in [1.54, 1.807) is 17.5 Å². The second-order valence-electron chi connectivity index (χ2n) is 4.54. The molecule has 5 nitrogen and oxygen atoms in total.